The van der Waals surface area contributed by atoms with Gasteiger partial charge in [-0.05, 0) is 68.7 Å². The number of primary amides is 1. The molecule has 3 fully saturated rings. The van der Waals surface area contributed by atoms with Crippen molar-refractivity contribution in [3.63, 3.8) is 0 Å². The molecule has 4 amide bonds. The van der Waals surface area contributed by atoms with Crippen molar-refractivity contribution in [1.29, 1.82) is 0 Å². The number of benzene rings is 2. The van der Waals surface area contributed by atoms with E-state index in [9.17, 15) is 27.6 Å². The number of alkyl carbamates (subject to hydrolysis) is 1. The molecule has 5 atom stereocenters. The molecule has 2 aromatic carbocycles. The number of para-hydroxylation sites is 1. The predicted octanol–water partition coefficient (Wildman–Crippen LogP) is 4.97. The van der Waals surface area contributed by atoms with Crippen LogP contribution in [-0.2, 0) is 29.1 Å². The van der Waals surface area contributed by atoms with Gasteiger partial charge in [0.05, 0.1) is 31.7 Å². The Kier molecular flexibility index (Phi) is 11.7. The van der Waals surface area contributed by atoms with Crippen LogP contribution in [0.3, 0.4) is 0 Å². The van der Waals surface area contributed by atoms with Gasteiger partial charge in [-0.3, -0.25) is 19.1 Å². The van der Waals surface area contributed by atoms with Crippen LogP contribution in [0.15, 0.2) is 71.2 Å². The van der Waals surface area contributed by atoms with Gasteiger partial charge in [-0.25, -0.2) is 18.2 Å². The number of carbonyl (C=O) groups excluding carboxylic acids is 4. The molecule has 7 rings (SSSR count). The zero-order chi connectivity index (χ0) is 40.3. The van der Waals surface area contributed by atoms with Gasteiger partial charge in [-0.1, -0.05) is 49.3 Å². The van der Waals surface area contributed by atoms with Crippen molar-refractivity contribution in [2.45, 2.75) is 81.2 Å². The third kappa shape index (κ3) is 9.17. The number of rotatable bonds is 17. The van der Waals surface area contributed by atoms with Gasteiger partial charge in [0.1, 0.15) is 35.0 Å². The minimum absolute atomic E-state index is 0.0236. The number of methoxy groups -OCH3 is 2. The average molecular weight is 802 g/mol. The van der Waals surface area contributed by atoms with Gasteiger partial charge in [0, 0.05) is 29.4 Å². The maximum atomic E-state index is 14.1. The molecular formula is C41H47N5O10S. The summed E-state index contributed by atoms with van der Waals surface area (Å²) < 4.78 is 49.4. The second kappa shape index (κ2) is 16.8. The zero-order valence-electron chi connectivity index (χ0n) is 31.8. The summed E-state index contributed by atoms with van der Waals surface area (Å²) in [4.78, 5) is 57.8. The molecule has 4 N–H and O–H groups in total. The molecule has 0 spiro atoms. The summed E-state index contributed by atoms with van der Waals surface area (Å²) in [5, 5.41) is 3.00. The summed E-state index contributed by atoms with van der Waals surface area (Å²) in [7, 11) is -0.748. The molecule has 2 aliphatic carbocycles. The second-order valence-electron chi connectivity index (χ2n) is 14.9. The van der Waals surface area contributed by atoms with Gasteiger partial charge in [0.15, 0.2) is 11.3 Å². The number of nitrogens with zero attached hydrogens (tertiary/aromatic N) is 2. The second-order valence-corrected chi connectivity index (χ2v) is 16.8. The first-order valence-corrected chi connectivity index (χ1v) is 20.8. The molecule has 3 aliphatic rings. The number of sulfonamides is 1. The molecule has 2 saturated carbocycles. The van der Waals surface area contributed by atoms with Crippen molar-refractivity contribution in [2.75, 3.05) is 20.8 Å². The Bertz CT molecular complexity index is 2310. The van der Waals surface area contributed by atoms with Crippen LogP contribution in [0.1, 0.15) is 57.8 Å². The highest BCUT2D eigenvalue weighted by Crippen LogP contribution is 2.41. The summed E-state index contributed by atoms with van der Waals surface area (Å²) >= 11 is 0. The lowest BCUT2D eigenvalue weighted by Gasteiger charge is -2.27. The van der Waals surface area contributed by atoms with Gasteiger partial charge < -0.3 is 34.6 Å². The van der Waals surface area contributed by atoms with E-state index in [1.54, 1.807) is 13.2 Å². The summed E-state index contributed by atoms with van der Waals surface area (Å²) in [6.07, 6.45) is 7.61. The molecule has 2 aromatic heterocycles. The van der Waals surface area contributed by atoms with Crippen molar-refractivity contribution < 1.29 is 46.2 Å². The first-order valence-electron chi connectivity index (χ1n) is 19.3. The van der Waals surface area contributed by atoms with Gasteiger partial charge in [0.2, 0.25) is 27.7 Å². The van der Waals surface area contributed by atoms with Crippen molar-refractivity contribution in [1.82, 2.24) is 19.9 Å². The fourth-order valence-corrected chi connectivity index (χ4v) is 8.72. The van der Waals surface area contributed by atoms with E-state index in [2.05, 4.69) is 10.0 Å². The molecule has 1 saturated heterocycles. The van der Waals surface area contributed by atoms with Crippen LogP contribution in [-0.4, -0.2) is 86.3 Å². The van der Waals surface area contributed by atoms with Crippen molar-refractivity contribution >= 4 is 55.9 Å². The fourth-order valence-electron chi connectivity index (χ4n) is 7.37. The number of carbonyl (C=O) groups is 4. The lowest BCUT2D eigenvalue weighted by Crippen LogP contribution is -2.53. The number of nitrogens with one attached hydrogen (secondary N) is 2. The third-order valence-corrected chi connectivity index (χ3v) is 12.6. The zero-order valence-corrected chi connectivity index (χ0v) is 32.7. The van der Waals surface area contributed by atoms with Gasteiger partial charge >= 0.3 is 6.09 Å². The fraction of sp³-hybridized carbons (Fsp3) is 0.439. The number of unbranched alkanes of at least 4 members (excludes halogenated alkanes) is 3. The van der Waals surface area contributed by atoms with E-state index in [0.29, 0.717) is 66.0 Å². The SMILES string of the molecule is COC(=O)N[C@@H](CCCCC/C=C\[C@@H]1C[C@@H]1C(=O)NS(=O)(=O)C1CC1)C(=O)N1C[C@H](Oc2cc(-c3cccc(OC)c3)nc3c2oc2ccccc23)C[C@H]1C(N)=O. The lowest BCUT2D eigenvalue weighted by molar-refractivity contribution is -0.139. The third-order valence-electron chi connectivity index (χ3n) is 10.7. The number of hydrogen-bond donors (Lipinski definition) is 3. The predicted molar refractivity (Wildman–Crippen MR) is 210 cm³/mol. The number of nitrogens with two attached hydrogens (primary N) is 1. The number of furan rings is 1. The number of hydrogen-bond acceptors (Lipinski definition) is 11. The van der Waals surface area contributed by atoms with E-state index >= 15 is 0 Å². The minimum Gasteiger partial charge on any atom is -0.497 e. The van der Waals surface area contributed by atoms with Gasteiger partial charge in [-0.2, -0.15) is 0 Å². The number of fused-ring (bicyclic) bond motifs is 3. The Labute approximate surface area is 330 Å². The molecular weight excluding hydrogens is 755 g/mol. The molecule has 4 aromatic rings. The molecule has 3 heterocycles. The number of likely N-dealkylation sites (tertiary alicyclic amines) is 1. The van der Waals surface area contributed by atoms with E-state index in [1.165, 1.54) is 12.0 Å². The average Bonchev–Trinajstić information content (AvgIpc) is 4.13. The maximum absolute atomic E-state index is 14.1. The quantitative estimate of drug-likeness (QED) is 0.0960. The molecule has 16 heteroatoms. The van der Waals surface area contributed by atoms with Crippen molar-refractivity contribution in [3.8, 4) is 22.8 Å². The van der Waals surface area contributed by atoms with Crippen LogP contribution < -0.4 is 25.2 Å². The molecule has 0 radical (unpaired) electrons. The van der Waals surface area contributed by atoms with Crippen LogP contribution in [0, 0.1) is 11.8 Å². The van der Waals surface area contributed by atoms with E-state index in [4.69, 9.17) is 29.3 Å². The summed E-state index contributed by atoms with van der Waals surface area (Å²) in [6.45, 7) is 0.0296. The number of amides is 4. The van der Waals surface area contributed by atoms with Crippen LogP contribution in [0.2, 0.25) is 0 Å². The van der Waals surface area contributed by atoms with Crippen LogP contribution >= 0.6 is 0 Å². The Morgan fingerprint density at radius 3 is 2.60 bits per heavy atom. The smallest absolute Gasteiger partial charge is 0.407 e. The molecule has 302 valence electrons. The lowest BCUT2D eigenvalue weighted by atomic mass is 10.0. The highest BCUT2D eigenvalue weighted by atomic mass is 32.2. The van der Waals surface area contributed by atoms with E-state index < -0.39 is 57.3 Å². The maximum Gasteiger partial charge on any atom is 0.407 e. The Morgan fingerprint density at radius 1 is 1.04 bits per heavy atom. The highest BCUT2D eigenvalue weighted by Gasteiger charge is 2.45. The van der Waals surface area contributed by atoms with E-state index in [1.807, 2.05) is 60.7 Å². The standard InChI is InChI=1S/C41H47N5O10S/c1-53-26-13-10-12-25(19-26)32-22-35(37-36(43-32)29-14-8-9-16-34(29)56-37)55-27-21-33(38(42)47)46(23-27)40(49)31(44-41(50)54-2)15-7-5-3-4-6-11-24-20-30(24)39(48)45-57(51,52)28-17-18-28/h6,8-14,16,19,22,24,27-28,30-31,33H,3-5,7,15,17-18,20-21,23H2,1-2H3,(H2,42,47)(H,44,50)(H,45,48)/b11-6-/t24-,27-,30+,31+,33+/m1/s1. The molecule has 15 nitrogen and oxygen atoms in total. The Morgan fingerprint density at radius 2 is 1.84 bits per heavy atom. The molecule has 1 aliphatic heterocycles. The topological polar surface area (TPSA) is 209 Å². The van der Waals surface area contributed by atoms with E-state index in [0.717, 1.165) is 30.2 Å². The van der Waals surface area contributed by atoms with Crippen LogP contribution in [0.25, 0.3) is 33.3 Å². The number of ether oxygens (including phenoxy) is 3. The highest BCUT2D eigenvalue weighted by molar-refractivity contribution is 7.90. The first kappa shape index (κ1) is 39.6. The largest absolute Gasteiger partial charge is 0.497 e. The number of allylic oxidation sites excluding steroid dienone is 2. The van der Waals surface area contributed by atoms with Crippen molar-refractivity contribution in [2.24, 2.45) is 17.6 Å². The summed E-state index contributed by atoms with van der Waals surface area (Å²) in [5.41, 5.74) is 8.88. The van der Waals surface area contributed by atoms with Gasteiger partial charge in [0.25, 0.3) is 0 Å². The number of aromatic nitrogens is 1. The van der Waals surface area contributed by atoms with Crippen LogP contribution in [0.4, 0.5) is 4.79 Å². The molecule has 0 bridgehead atoms. The minimum atomic E-state index is -3.55. The number of pyridine rings is 1. The van der Waals surface area contributed by atoms with Crippen LogP contribution in [0.5, 0.6) is 11.5 Å². The Balaban J connectivity index is 0.989. The monoisotopic (exact) mass is 801 g/mol. The van der Waals surface area contributed by atoms with Crippen molar-refractivity contribution in [3.05, 3.63) is 66.7 Å². The summed E-state index contributed by atoms with van der Waals surface area (Å²) in [6, 6.07) is 14.8. The first-order chi connectivity index (χ1) is 27.4. The summed E-state index contributed by atoms with van der Waals surface area (Å²) in [5.74, 6) is -0.855. The van der Waals surface area contributed by atoms with E-state index in [-0.39, 0.29) is 24.8 Å². The normalized spacial score (nSPS) is 21.1. The molecule has 57 heavy (non-hydrogen) atoms. The van der Waals surface area contributed by atoms with Gasteiger partial charge in [-0.15, -0.1) is 0 Å². The Hall–Kier alpha value is -5.64. The molecule has 0 unspecified atom stereocenters.